The zero-order valence-corrected chi connectivity index (χ0v) is 15.6. The molecule has 11 heteroatoms. The number of allylic oxidation sites excluding steroid dienone is 1. The second-order valence-electron chi connectivity index (χ2n) is 5.75. The molecular formula is C16H21Cl2N3O6. The van der Waals surface area contributed by atoms with Crippen molar-refractivity contribution in [3.63, 3.8) is 0 Å². The summed E-state index contributed by atoms with van der Waals surface area (Å²) in [7, 11) is 0. The Hall–Kier alpha value is -2.17. The molecule has 0 saturated carbocycles. The van der Waals surface area contributed by atoms with Crippen LogP contribution in [0.5, 0.6) is 0 Å². The molecule has 1 aromatic rings. The van der Waals surface area contributed by atoms with Crippen LogP contribution in [0, 0.1) is 0 Å². The Morgan fingerprint density at radius 1 is 1.26 bits per heavy atom. The van der Waals surface area contributed by atoms with Gasteiger partial charge in [0.2, 0.25) is 5.91 Å². The average molecular weight is 422 g/mol. The van der Waals surface area contributed by atoms with Crippen LogP contribution in [0.3, 0.4) is 0 Å². The summed E-state index contributed by atoms with van der Waals surface area (Å²) in [5.74, 6) is -2.20. The van der Waals surface area contributed by atoms with Gasteiger partial charge in [0, 0.05) is 5.03 Å². The van der Waals surface area contributed by atoms with Gasteiger partial charge in [0.05, 0.1) is 6.04 Å². The number of amides is 2. The number of aliphatic carboxylic acids is 1. The van der Waals surface area contributed by atoms with Gasteiger partial charge in [-0.2, -0.15) is 0 Å². The SMILES string of the molecule is Cl.N[C@@H](C(=O)N[C@@H]1C(=O)N2C(C(=O)O)=C(Cl)CC[C@H]12)c1ccccc1.O.O. The van der Waals surface area contributed by atoms with Gasteiger partial charge in [0.15, 0.2) is 0 Å². The minimum absolute atomic E-state index is 0. The monoisotopic (exact) mass is 421 g/mol. The molecule has 1 fully saturated rings. The van der Waals surface area contributed by atoms with Crippen molar-refractivity contribution in [1.29, 1.82) is 0 Å². The van der Waals surface area contributed by atoms with Crippen molar-refractivity contribution in [3.8, 4) is 0 Å². The summed E-state index contributed by atoms with van der Waals surface area (Å²) in [6.07, 6.45) is 0.849. The molecular weight excluding hydrogens is 401 g/mol. The Labute approximate surface area is 166 Å². The quantitative estimate of drug-likeness (QED) is 0.553. The van der Waals surface area contributed by atoms with E-state index in [0.29, 0.717) is 18.4 Å². The number of carbonyl (C=O) groups excluding carboxylic acids is 2. The van der Waals surface area contributed by atoms with Crippen LogP contribution in [-0.4, -0.2) is 50.8 Å². The number of nitrogens with two attached hydrogens (primary N) is 1. The molecule has 150 valence electrons. The first-order valence-electron chi connectivity index (χ1n) is 7.47. The number of carboxylic acid groups (broad SMARTS) is 1. The predicted octanol–water partition coefficient (Wildman–Crippen LogP) is -0.517. The van der Waals surface area contributed by atoms with E-state index in [1.54, 1.807) is 24.3 Å². The van der Waals surface area contributed by atoms with Crippen LogP contribution in [0.25, 0.3) is 0 Å². The number of benzene rings is 1. The third-order valence-corrected chi connectivity index (χ3v) is 4.69. The molecule has 0 aliphatic carbocycles. The van der Waals surface area contributed by atoms with E-state index in [-0.39, 0.29) is 34.1 Å². The normalized spacial score (nSPS) is 21.4. The number of fused-ring (bicyclic) bond motifs is 1. The Bertz CT molecular complexity index is 743. The molecule has 1 aromatic carbocycles. The summed E-state index contributed by atoms with van der Waals surface area (Å²) in [4.78, 5) is 37.0. The largest absolute Gasteiger partial charge is 0.477 e. The van der Waals surface area contributed by atoms with Crippen molar-refractivity contribution in [2.45, 2.75) is 31.0 Å². The summed E-state index contributed by atoms with van der Waals surface area (Å²) in [5, 5.41) is 12.0. The van der Waals surface area contributed by atoms with Gasteiger partial charge < -0.3 is 27.1 Å². The number of rotatable bonds is 4. The minimum Gasteiger partial charge on any atom is -0.477 e. The Balaban J connectivity index is 0.00000225. The molecule has 3 rings (SSSR count). The number of hydrogen-bond donors (Lipinski definition) is 3. The summed E-state index contributed by atoms with van der Waals surface area (Å²) in [6, 6.07) is 6.74. The van der Waals surface area contributed by atoms with Crippen LogP contribution < -0.4 is 11.1 Å². The molecule has 0 spiro atoms. The highest BCUT2D eigenvalue weighted by atomic mass is 35.5. The molecule has 2 amide bonds. The van der Waals surface area contributed by atoms with Crippen LogP contribution in [0.2, 0.25) is 0 Å². The summed E-state index contributed by atoms with van der Waals surface area (Å²) >= 11 is 5.92. The lowest BCUT2D eigenvalue weighted by Gasteiger charge is -2.49. The van der Waals surface area contributed by atoms with Crippen molar-refractivity contribution in [2.75, 3.05) is 0 Å². The zero-order chi connectivity index (χ0) is 17.4. The molecule has 2 aliphatic rings. The van der Waals surface area contributed by atoms with Gasteiger partial charge in [0.25, 0.3) is 5.91 Å². The molecule has 0 unspecified atom stereocenters. The van der Waals surface area contributed by atoms with Crippen LogP contribution in [0.4, 0.5) is 0 Å². The average Bonchev–Trinajstić information content (AvgIpc) is 2.59. The van der Waals surface area contributed by atoms with E-state index in [1.807, 2.05) is 6.07 Å². The Morgan fingerprint density at radius 3 is 2.41 bits per heavy atom. The number of carboxylic acids is 1. The van der Waals surface area contributed by atoms with E-state index in [2.05, 4.69) is 5.32 Å². The summed E-state index contributed by atoms with van der Waals surface area (Å²) in [6.45, 7) is 0. The number of β-lactam (4-membered cyclic amide) rings is 1. The molecule has 3 atom stereocenters. The van der Waals surface area contributed by atoms with Gasteiger partial charge in [0.1, 0.15) is 17.8 Å². The highest BCUT2D eigenvalue weighted by Gasteiger charge is 2.53. The van der Waals surface area contributed by atoms with Crippen molar-refractivity contribution in [1.82, 2.24) is 10.2 Å². The second kappa shape index (κ2) is 9.67. The number of nitrogens with zero attached hydrogens (tertiary/aromatic N) is 1. The molecule has 0 radical (unpaired) electrons. The van der Waals surface area contributed by atoms with Gasteiger partial charge in [-0.15, -0.1) is 12.4 Å². The van der Waals surface area contributed by atoms with Gasteiger partial charge in [-0.25, -0.2) is 4.79 Å². The van der Waals surface area contributed by atoms with Crippen molar-refractivity contribution in [3.05, 3.63) is 46.6 Å². The van der Waals surface area contributed by atoms with Crippen LogP contribution >= 0.6 is 24.0 Å². The lowest BCUT2D eigenvalue weighted by Crippen LogP contribution is -2.72. The van der Waals surface area contributed by atoms with E-state index in [1.165, 1.54) is 0 Å². The van der Waals surface area contributed by atoms with E-state index in [0.717, 1.165) is 4.90 Å². The van der Waals surface area contributed by atoms with Gasteiger partial charge in [-0.05, 0) is 18.4 Å². The fourth-order valence-electron chi connectivity index (χ4n) is 3.07. The van der Waals surface area contributed by atoms with Crippen LogP contribution in [0.15, 0.2) is 41.1 Å². The number of halogens is 2. The van der Waals surface area contributed by atoms with Crippen molar-refractivity contribution < 1.29 is 30.4 Å². The predicted molar refractivity (Wildman–Crippen MR) is 100 cm³/mol. The van der Waals surface area contributed by atoms with Crippen LogP contribution in [0.1, 0.15) is 24.4 Å². The minimum atomic E-state index is -1.25. The van der Waals surface area contributed by atoms with Crippen molar-refractivity contribution in [2.24, 2.45) is 5.73 Å². The third-order valence-electron chi connectivity index (χ3n) is 4.32. The molecule has 0 bridgehead atoms. The molecule has 2 heterocycles. The topological polar surface area (TPSA) is 176 Å². The highest BCUT2D eigenvalue weighted by molar-refractivity contribution is 6.32. The van der Waals surface area contributed by atoms with Crippen LogP contribution in [-0.2, 0) is 14.4 Å². The summed E-state index contributed by atoms with van der Waals surface area (Å²) < 4.78 is 0. The van der Waals surface area contributed by atoms with E-state index in [4.69, 9.17) is 17.3 Å². The lowest BCUT2D eigenvalue weighted by atomic mass is 9.86. The third kappa shape index (κ3) is 4.40. The first-order chi connectivity index (χ1) is 11.4. The van der Waals surface area contributed by atoms with Crippen molar-refractivity contribution >= 4 is 41.8 Å². The fraction of sp³-hybridized carbons (Fsp3) is 0.312. The maximum absolute atomic E-state index is 12.3. The van der Waals surface area contributed by atoms with E-state index in [9.17, 15) is 19.5 Å². The second-order valence-corrected chi connectivity index (χ2v) is 6.20. The van der Waals surface area contributed by atoms with E-state index >= 15 is 0 Å². The fourth-order valence-corrected chi connectivity index (χ4v) is 3.35. The first kappa shape index (κ1) is 24.8. The molecule has 0 aromatic heterocycles. The molecule has 2 aliphatic heterocycles. The maximum atomic E-state index is 12.3. The maximum Gasteiger partial charge on any atom is 0.353 e. The molecule has 27 heavy (non-hydrogen) atoms. The smallest absolute Gasteiger partial charge is 0.353 e. The van der Waals surface area contributed by atoms with E-state index < -0.39 is 35.9 Å². The molecule has 8 N–H and O–H groups in total. The molecule has 9 nitrogen and oxygen atoms in total. The van der Waals surface area contributed by atoms with Gasteiger partial charge in [-0.1, -0.05) is 41.9 Å². The lowest BCUT2D eigenvalue weighted by molar-refractivity contribution is -0.156. The summed E-state index contributed by atoms with van der Waals surface area (Å²) in [5.41, 5.74) is 6.35. The molecule has 1 saturated heterocycles. The highest BCUT2D eigenvalue weighted by Crippen LogP contribution is 2.38. The number of carbonyl (C=O) groups is 3. The Morgan fingerprint density at radius 2 is 1.85 bits per heavy atom. The first-order valence-corrected chi connectivity index (χ1v) is 7.85. The van der Waals surface area contributed by atoms with Gasteiger partial charge in [-0.3, -0.25) is 14.5 Å². The zero-order valence-electron chi connectivity index (χ0n) is 14.0. The number of nitrogens with one attached hydrogen (secondary N) is 1. The number of hydrogen-bond acceptors (Lipinski definition) is 4. The van der Waals surface area contributed by atoms with Gasteiger partial charge >= 0.3 is 5.97 Å². The Kier molecular flexibility index (Phi) is 8.90. The standard InChI is InChI=1S/C16H16ClN3O4.ClH.2H2O/c17-9-6-7-10-12(15(22)20(10)13(9)16(23)24)19-14(21)11(18)8-4-2-1-3-5-8;;;/h1-5,10-12H,6-7,18H2,(H,19,21)(H,23,24);1H;2*1H2/t10-,11-,12+;;;/m1.../s1.